The molecule has 1 aliphatic carbocycles. The van der Waals surface area contributed by atoms with Crippen molar-refractivity contribution in [3.05, 3.63) is 29.8 Å². The molecule has 4 heteroatoms. The summed E-state index contributed by atoms with van der Waals surface area (Å²) in [4.78, 5) is 2.87. The van der Waals surface area contributed by atoms with Crippen LogP contribution >= 0.6 is 12.2 Å². The number of benzene rings is 1. The molecule has 2 N–H and O–H groups in total. The van der Waals surface area contributed by atoms with Crippen molar-refractivity contribution in [2.24, 2.45) is 11.7 Å². The van der Waals surface area contributed by atoms with Crippen LogP contribution in [0.15, 0.2) is 24.3 Å². The lowest BCUT2D eigenvalue weighted by atomic mass is 10.1. The van der Waals surface area contributed by atoms with Gasteiger partial charge in [-0.2, -0.15) is 0 Å². The zero-order valence-corrected chi connectivity index (χ0v) is 13.7. The van der Waals surface area contributed by atoms with Crippen molar-refractivity contribution in [2.75, 3.05) is 26.7 Å². The van der Waals surface area contributed by atoms with Crippen LogP contribution in [-0.2, 0) is 0 Å². The van der Waals surface area contributed by atoms with Crippen LogP contribution in [0.1, 0.15) is 37.7 Å². The van der Waals surface area contributed by atoms with Crippen LogP contribution in [0.5, 0.6) is 5.75 Å². The van der Waals surface area contributed by atoms with Gasteiger partial charge < -0.3 is 15.4 Å². The topological polar surface area (TPSA) is 38.5 Å². The van der Waals surface area contributed by atoms with Gasteiger partial charge in [0.05, 0.1) is 6.61 Å². The molecule has 0 bridgehead atoms. The van der Waals surface area contributed by atoms with E-state index in [9.17, 15) is 0 Å². The fourth-order valence-corrected chi connectivity index (χ4v) is 3.10. The molecule has 0 saturated heterocycles. The van der Waals surface area contributed by atoms with Gasteiger partial charge >= 0.3 is 0 Å². The van der Waals surface area contributed by atoms with E-state index in [1.807, 2.05) is 24.3 Å². The Kier molecular flexibility index (Phi) is 6.46. The van der Waals surface area contributed by atoms with Crippen LogP contribution < -0.4 is 10.5 Å². The highest BCUT2D eigenvalue weighted by atomic mass is 32.1. The highest BCUT2D eigenvalue weighted by Gasteiger charge is 2.16. The average Bonchev–Trinajstić information content (AvgIpc) is 2.97. The zero-order chi connectivity index (χ0) is 15.1. The third-order valence-electron chi connectivity index (χ3n) is 4.14. The molecule has 0 heterocycles. The predicted octanol–water partition coefficient (Wildman–Crippen LogP) is 3.21. The fraction of sp³-hybridized carbons (Fsp3) is 0.588. The van der Waals surface area contributed by atoms with E-state index in [2.05, 4.69) is 11.9 Å². The smallest absolute Gasteiger partial charge is 0.119 e. The van der Waals surface area contributed by atoms with Crippen molar-refractivity contribution < 1.29 is 4.74 Å². The van der Waals surface area contributed by atoms with Gasteiger partial charge in [-0.05, 0) is 56.5 Å². The van der Waals surface area contributed by atoms with Crippen molar-refractivity contribution >= 4 is 17.2 Å². The van der Waals surface area contributed by atoms with E-state index in [4.69, 9.17) is 22.7 Å². The van der Waals surface area contributed by atoms with Crippen LogP contribution in [0, 0.1) is 5.92 Å². The molecular weight excluding hydrogens is 280 g/mol. The van der Waals surface area contributed by atoms with Crippen LogP contribution in [0.3, 0.4) is 0 Å². The molecular formula is C17H26N2OS. The first-order chi connectivity index (χ1) is 10.1. The van der Waals surface area contributed by atoms with Crippen molar-refractivity contribution in [2.45, 2.75) is 32.1 Å². The number of hydrogen-bond donors (Lipinski definition) is 1. The molecule has 0 aliphatic heterocycles. The first-order valence-corrected chi connectivity index (χ1v) is 8.27. The van der Waals surface area contributed by atoms with Crippen LogP contribution in [0.25, 0.3) is 0 Å². The quantitative estimate of drug-likeness (QED) is 0.591. The maximum absolute atomic E-state index is 5.75. The van der Waals surface area contributed by atoms with E-state index in [1.54, 1.807) is 0 Å². The van der Waals surface area contributed by atoms with Gasteiger partial charge in [0, 0.05) is 18.7 Å². The summed E-state index contributed by atoms with van der Waals surface area (Å²) in [5.74, 6) is 1.80. The molecule has 1 aliphatic rings. The molecule has 1 saturated carbocycles. The second kappa shape index (κ2) is 8.35. The summed E-state index contributed by atoms with van der Waals surface area (Å²) in [5.41, 5.74) is 6.45. The second-order valence-electron chi connectivity index (χ2n) is 6.00. The SMILES string of the molecule is CN(CCCOc1ccc(C(N)=S)cc1)CC1CCCC1. The molecule has 1 aromatic rings. The maximum Gasteiger partial charge on any atom is 0.119 e. The summed E-state index contributed by atoms with van der Waals surface area (Å²) in [7, 11) is 2.22. The molecule has 0 unspecified atom stereocenters. The molecule has 2 rings (SSSR count). The van der Waals surface area contributed by atoms with E-state index < -0.39 is 0 Å². The average molecular weight is 306 g/mol. The van der Waals surface area contributed by atoms with Gasteiger partial charge in [0.1, 0.15) is 10.7 Å². The first-order valence-electron chi connectivity index (χ1n) is 7.86. The molecule has 0 spiro atoms. The van der Waals surface area contributed by atoms with E-state index >= 15 is 0 Å². The van der Waals surface area contributed by atoms with Gasteiger partial charge in [-0.3, -0.25) is 0 Å². The lowest BCUT2D eigenvalue weighted by Gasteiger charge is -2.20. The molecule has 1 fully saturated rings. The van der Waals surface area contributed by atoms with Crippen LogP contribution in [0.2, 0.25) is 0 Å². The Morgan fingerprint density at radius 1 is 1.29 bits per heavy atom. The van der Waals surface area contributed by atoms with Crippen molar-refractivity contribution in [3.63, 3.8) is 0 Å². The summed E-state index contributed by atoms with van der Waals surface area (Å²) >= 11 is 4.93. The van der Waals surface area contributed by atoms with Gasteiger partial charge in [-0.25, -0.2) is 0 Å². The number of nitrogens with two attached hydrogens (primary N) is 1. The Morgan fingerprint density at radius 2 is 1.95 bits per heavy atom. The fourth-order valence-electron chi connectivity index (χ4n) is 2.96. The third-order valence-corrected chi connectivity index (χ3v) is 4.37. The molecule has 1 aromatic carbocycles. The normalized spacial score (nSPS) is 15.5. The molecule has 0 atom stereocenters. The van der Waals surface area contributed by atoms with Gasteiger partial charge in [0.2, 0.25) is 0 Å². The van der Waals surface area contributed by atoms with E-state index in [0.29, 0.717) is 4.99 Å². The van der Waals surface area contributed by atoms with Gasteiger partial charge in [0.25, 0.3) is 0 Å². The van der Waals surface area contributed by atoms with Gasteiger partial charge in [-0.15, -0.1) is 0 Å². The van der Waals surface area contributed by atoms with E-state index in [-0.39, 0.29) is 0 Å². The monoisotopic (exact) mass is 306 g/mol. The minimum absolute atomic E-state index is 0.426. The van der Waals surface area contributed by atoms with Gasteiger partial charge in [0.15, 0.2) is 0 Å². The van der Waals surface area contributed by atoms with Gasteiger partial charge in [-0.1, -0.05) is 25.1 Å². The van der Waals surface area contributed by atoms with Crippen molar-refractivity contribution in [1.29, 1.82) is 0 Å². The maximum atomic E-state index is 5.75. The van der Waals surface area contributed by atoms with Crippen molar-refractivity contribution in [1.82, 2.24) is 4.90 Å². The minimum Gasteiger partial charge on any atom is -0.494 e. The Bertz CT molecular complexity index is 441. The number of nitrogens with zero attached hydrogens (tertiary/aromatic N) is 1. The van der Waals surface area contributed by atoms with E-state index in [0.717, 1.165) is 36.8 Å². The van der Waals surface area contributed by atoms with Crippen LogP contribution in [-0.4, -0.2) is 36.6 Å². The zero-order valence-electron chi connectivity index (χ0n) is 12.9. The van der Waals surface area contributed by atoms with Crippen molar-refractivity contribution in [3.8, 4) is 5.75 Å². The number of ether oxygens (including phenoxy) is 1. The molecule has 0 radical (unpaired) electrons. The molecule has 3 nitrogen and oxygen atoms in total. The molecule has 116 valence electrons. The summed E-state index contributed by atoms with van der Waals surface area (Å²) in [5, 5.41) is 0. The molecule has 0 amide bonds. The Hall–Kier alpha value is -1.13. The third kappa shape index (κ3) is 5.64. The second-order valence-corrected chi connectivity index (χ2v) is 6.44. The van der Waals surface area contributed by atoms with E-state index in [1.165, 1.54) is 32.2 Å². The highest BCUT2D eigenvalue weighted by molar-refractivity contribution is 7.80. The molecule has 0 aromatic heterocycles. The number of thiocarbonyl (C=S) groups is 1. The Labute approximate surface area is 133 Å². The van der Waals surface area contributed by atoms with Crippen LogP contribution in [0.4, 0.5) is 0 Å². The summed E-state index contributed by atoms with van der Waals surface area (Å²) in [6, 6.07) is 7.67. The summed E-state index contributed by atoms with van der Waals surface area (Å²) in [6.07, 6.45) is 6.72. The standard InChI is InChI=1S/C17H26N2OS/c1-19(13-14-5-2-3-6-14)11-4-12-20-16-9-7-15(8-10-16)17(18)21/h7-10,14H,2-6,11-13H2,1H3,(H2,18,21). The summed E-state index contributed by atoms with van der Waals surface area (Å²) < 4.78 is 5.75. The minimum atomic E-state index is 0.426. The summed E-state index contributed by atoms with van der Waals surface area (Å²) in [6.45, 7) is 3.09. The lowest BCUT2D eigenvalue weighted by molar-refractivity contribution is 0.239. The predicted molar refractivity (Wildman–Crippen MR) is 91.9 cm³/mol. The lowest BCUT2D eigenvalue weighted by Crippen LogP contribution is -2.26. The number of hydrogen-bond acceptors (Lipinski definition) is 3. The molecule has 21 heavy (non-hydrogen) atoms. The number of rotatable bonds is 8. The first kappa shape index (κ1) is 16.2. The highest BCUT2D eigenvalue weighted by Crippen LogP contribution is 2.25. The largest absolute Gasteiger partial charge is 0.494 e. The Morgan fingerprint density at radius 3 is 2.57 bits per heavy atom. The Balaban J connectivity index is 1.61.